The van der Waals surface area contributed by atoms with Gasteiger partial charge in [0.1, 0.15) is 6.04 Å². The van der Waals surface area contributed by atoms with Gasteiger partial charge in [-0.2, -0.15) is 0 Å². The number of ether oxygens (including phenoxy) is 1. The van der Waals surface area contributed by atoms with E-state index in [4.69, 9.17) is 10.6 Å². The highest BCUT2D eigenvalue weighted by Crippen LogP contribution is 2.10. The highest BCUT2D eigenvalue weighted by molar-refractivity contribution is 5.81. The fourth-order valence-corrected chi connectivity index (χ4v) is 2.16. The number of hydrazine groups is 1. The molecule has 0 aromatic carbocycles. The van der Waals surface area contributed by atoms with Gasteiger partial charge in [0.05, 0.1) is 13.2 Å². The summed E-state index contributed by atoms with van der Waals surface area (Å²) in [5, 5.41) is 2.66. The van der Waals surface area contributed by atoms with E-state index in [9.17, 15) is 9.59 Å². The topological polar surface area (TPSA) is 96.7 Å². The van der Waals surface area contributed by atoms with Crippen LogP contribution in [-0.4, -0.2) is 56.1 Å². The van der Waals surface area contributed by atoms with Crippen LogP contribution in [0.3, 0.4) is 0 Å². The normalized spacial score (nSPS) is 20.0. The molecule has 1 rings (SSSR count). The summed E-state index contributed by atoms with van der Waals surface area (Å²) in [7, 11) is 1.64. The Labute approximate surface area is 113 Å². The van der Waals surface area contributed by atoms with Crippen LogP contribution >= 0.6 is 0 Å². The number of nitrogens with one attached hydrogen (secondary N) is 2. The smallest absolute Gasteiger partial charge is 0.239 e. The van der Waals surface area contributed by atoms with Gasteiger partial charge in [-0.3, -0.25) is 19.9 Å². The van der Waals surface area contributed by atoms with Crippen molar-refractivity contribution in [2.75, 3.05) is 33.4 Å². The second-order valence-corrected chi connectivity index (χ2v) is 4.62. The zero-order valence-electron chi connectivity index (χ0n) is 11.5. The van der Waals surface area contributed by atoms with Crippen molar-refractivity contribution in [3.63, 3.8) is 0 Å². The summed E-state index contributed by atoms with van der Waals surface area (Å²) in [5.74, 6) is 4.88. The summed E-state index contributed by atoms with van der Waals surface area (Å²) in [6, 6.07) is -0.189. The van der Waals surface area contributed by atoms with Crippen LogP contribution in [0.2, 0.25) is 0 Å². The van der Waals surface area contributed by atoms with E-state index >= 15 is 0 Å². The molecule has 1 fully saturated rings. The molecule has 7 heteroatoms. The molecular weight excluding hydrogens is 248 g/mol. The Morgan fingerprint density at radius 1 is 1.37 bits per heavy atom. The number of nitrogens with two attached hydrogens (primary N) is 1. The number of hydrogen-bond acceptors (Lipinski definition) is 5. The summed E-state index contributed by atoms with van der Waals surface area (Å²) in [6.45, 7) is 2.76. The first kappa shape index (κ1) is 15.9. The molecule has 0 spiro atoms. The number of amides is 2. The molecule has 1 saturated heterocycles. The van der Waals surface area contributed by atoms with Crippen LogP contribution in [0.25, 0.3) is 0 Å². The quantitative estimate of drug-likeness (QED) is 0.239. The lowest BCUT2D eigenvalue weighted by atomic mass is 10.1. The third kappa shape index (κ3) is 5.54. The second-order valence-electron chi connectivity index (χ2n) is 4.62. The number of carbonyl (C=O) groups is 2. The lowest BCUT2D eigenvalue weighted by Gasteiger charge is -2.34. The molecule has 110 valence electrons. The first-order valence-corrected chi connectivity index (χ1v) is 6.72. The first-order valence-electron chi connectivity index (χ1n) is 6.72. The van der Waals surface area contributed by atoms with Crippen LogP contribution in [-0.2, 0) is 14.3 Å². The van der Waals surface area contributed by atoms with Crippen LogP contribution in [0.5, 0.6) is 0 Å². The molecule has 1 heterocycles. The Kier molecular flexibility index (Phi) is 7.39. The van der Waals surface area contributed by atoms with E-state index < -0.39 is 0 Å². The molecule has 0 saturated carbocycles. The SMILES string of the molecule is CNC(=O)C1COCCN1CCCCCC(=O)NN. The summed E-state index contributed by atoms with van der Waals surface area (Å²) in [5.41, 5.74) is 2.12. The summed E-state index contributed by atoms with van der Waals surface area (Å²) in [6.07, 6.45) is 3.19. The minimum atomic E-state index is -0.189. The van der Waals surface area contributed by atoms with Gasteiger partial charge in [0.25, 0.3) is 0 Å². The van der Waals surface area contributed by atoms with Gasteiger partial charge in [0, 0.05) is 20.0 Å². The summed E-state index contributed by atoms with van der Waals surface area (Å²) in [4.78, 5) is 24.8. The number of rotatable bonds is 7. The van der Waals surface area contributed by atoms with E-state index in [1.807, 2.05) is 0 Å². The minimum Gasteiger partial charge on any atom is -0.378 e. The van der Waals surface area contributed by atoms with E-state index in [1.165, 1.54) is 0 Å². The molecule has 0 aromatic heterocycles. The van der Waals surface area contributed by atoms with Crippen molar-refractivity contribution in [3.05, 3.63) is 0 Å². The summed E-state index contributed by atoms with van der Waals surface area (Å²) < 4.78 is 5.34. The van der Waals surface area contributed by atoms with Gasteiger partial charge in [0.15, 0.2) is 0 Å². The number of carbonyl (C=O) groups excluding carboxylic acids is 2. The van der Waals surface area contributed by atoms with Crippen molar-refractivity contribution in [3.8, 4) is 0 Å². The molecule has 19 heavy (non-hydrogen) atoms. The molecule has 1 aliphatic heterocycles. The van der Waals surface area contributed by atoms with Crippen molar-refractivity contribution >= 4 is 11.8 Å². The molecule has 0 radical (unpaired) electrons. The summed E-state index contributed by atoms with van der Waals surface area (Å²) >= 11 is 0. The Balaban J connectivity index is 2.22. The van der Waals surface area contributed by atoms with Crippen molar-refractivity contribution < 1.29 is 14.3 Å². The third-order valence-electron chi connectivity index (χ3n) is 3.30. The molecule has 2 amide bonds. The van der Waals surface area contributed by atoms with E-state index in [-0.39, 0.29) is 17.9 Å². The number of morpholine rings is 1. The van der Waals surface area contributed by atoms with Gasteiger partial charge in [-0.15, -0.1) is 0 Å². The molecule has 1 aliphatic rings. The highest BCUT2D eigenvalue weighted by Gasteiger charge is 2.27. The maximum Gasteiger partial charge on any atom is 0.239 e. The van der Waals surface area contributed by atoms with E-state index in [2.05, 4.69) is 15.6 Å². The molecule has 1 atom stereocenters. The van der Waals surface area contributed by atoms with Gasteiger partial charge >= 0.3 is 0 Å². The lowest BCUT2D eigenvalue weighted by molar-refractivity contribution is -0.132. The van der Waals surface area contributed by atoms with Crippen LogP contribution in [0, 0.1) is 0 Å². The Morgan fingerprint density at radius 3 is 2.84 bits per heavy atom. The van der Waals surface area contributed by atoms with Gasteiger partial charge in [-0.1, -0.05) is 6.42 Å². The zero-order chi connectivity index (χ0) is 14.1. The maximum absolute atomic E-state index is 11.7. The van der Waals surface area contributed by atoms with Crippen LogP contribution in [0.1, 0.15) is 25.7 Å². The van der Waals surface area contributed by atoms with Gasteiger partial charge in [-0.05, 0) is 19.4 Å². The average molecular weight is 272 g/mol. The molecular formula is C12H24N4O3. The van der Waals surface area contributed by atoms with Crippen LogP contribution in [0.15, 0.2) is 0 Å². The number of hydrogen-bond donors (Lipinski definition) is 3. The third-order valence-corrected chi connectivity index (χ3v) is 3.30. The fourth-order valence-electron chi connectivity index (χ4n) is 2.16. The average Bonchev–Trinajstić information content (AvgIpc) is 2.46. The second kappa shape index (κ2) is 8.84. The molecule has 0 aliphatic carbocycles. The lowest BCUT2D eigenvalue weighted by Crippen LogP contribution is -2.53. The van der Waals surface area contributed by atoms with E-state index in [0.717, 1.165) is 32.4 Å². The Bertz CT molecular complexity index is 299. The maximum atomic E-state index is 11.7. The number of likely N-dealkylation sites (N-methyl/N-ethyl adjacent to an activating group) is 1. The van der Waals surface area contributed by atoms with Crippen LogP contribution in [0.4, 0.5) is 0 Å². The van der Waals surface area contributed by atoms with Crippen molar-refractivity contribution in [1.82, 2.24) is 15.6 Å². The van der Waals surface area contributed by atoms with Crippen molar-refractivity contribution in [2.24, 2.45) is 5.84 Å². The molecule has 0 bridgehead atoms. The first-order chi connectivity index (χ1) is 9.19. The fraction of sp³-hybridized carbons (Fsp3) is 0.833. The van der Waals surface area contributed by atoms with Crippen molar-refractivity contribution in [1.29, 1.82) is 0 Å². The van der Waals surface area contributed by atoms with Crippen LogP contribution < -0.4 is 16.6 Å². The monoisotopic (exact) mass is 272 g/mol. The van der Waals surface area contributed by atoms with Gasteiger partial charge in [0.2, 0.25) is 11.8 Å². The predicted octanol–water partition coefficient (Wildman–Crippen LogP) is -1.02. The Morgan fingerprint density at radius 2 is 2.16 bits per heavy atom. The van der Waals surface area contributed by atoms with Gasteiger partial charge < -0.3 is 10.1 Å². The zero-order valence-corrected chi connectivity index (χ0v) is 11.5. The molecule has 1 unspecified atom stereocenters. The van der Waals surface area contributed by atoms with E-state index in [0.29, 0.717) is 19.6 Å². The number of unbranched alkanes of at least 4 members (excludes halogenated alkanes) is 2. The molecule has 4 N–H and O–H groups in total. The molecule has 7 nitrogen and oxygen atoms in total. The highest BCUT2D eigenvalue weighted by atomic mass is 16.5. The largest absolute Gasteiger partial charge is 0.378 e. The number of nitrogens with zero attached hydrogens (tertiary/aromatic N) is 1. The Hall–Kier alpha value is -1.18. The van der Waals surface area contributed by atoms with E-state index in [1.54, 1.807) is 7.05 Å². The minimum absolute atomic E-state index is 0.00205. The van der Waals surface area contributed by atoms with Crippen molar-refractivity contribution in [2.45, 2.75) is 31.7 Å². The van der Waals surface area contributed by atoms with Gasteiger partial charge in [-0.25, -0.2) is 5.84 Å². The standard InChI is InChI=1S/C12H24N4O3/c1-14-12(18)10-9-19-8-7-16(10)6-4-2-3-5-11(17)15-13/h10H,2-9,13H2,1H3,(H,14,18)(H,15,17). The molecule has 0 aromatic rings. The predicted molar refractivity (Wildman–Crippen MR) is 71.0 cm³/mol.